The molecule has 0 bridgehead atoms. The second kappa shape index (κ2) is 3.36. The van der Waals surface area contributed by atoms with Gasteiger partial charge in [0.2, 0.25) is 0 Å². The molecule has 0 aliphatic carbocycles. The first-order valence-electron chi connectivity index (χ1n) is 5.50. The molecule has 2 N–H and O–H groups in total. The Morgan fingerprint density at radius 2 is 2.06 bits per heavy atom. The van der Waals surface area contributed by atoms with E-state index < -0.39 is 0 Å². The topological polar surface area (TPSA) is 83.1 Å². The quantitative estimate of drug-likeness (QED) is 0.528. The number of aromatic amines is 2. The van der Waals surface area contributed by atoms with Crippen molar-refractivity contribution in [1.29, 1.82) is 0 Å². The Labute approximate surface area is 101 Å². The van der Waals surface area contributed by atoms with Crippen LogP contribution in [0.5, 0.6) is 0 Å². The van der Waals surface area contributed by atoms with Gasteiger partial charge >= 0.3 is 0 Å². The van der Waals surface area contributed by atoms with Crippen LogP contribution in [0.25, 0.3) is 33.5 Å². The standard InChI is InChI=1S/C12H8N6/c1-2-7(8-4-15-18-9(8)3-1)11-16-10-5-13-6-14-12(10)17-11/h1-6H,(H,15,18)(H,13,14,16,17). The highest BCUT2D eigenvalue weighted by Crippen LogP contribution is 2.26. The zero-order chi connectivity index (χ0) is 11.9. The summed E-state index contributed by atoms with van der Waals surface area (Å²) in [5.41, 5.74) is 3.48. The fourth-order valence-electron chi connectivity index (χ4n) is 2.06. The van der Waals surface area contributed by atoms with Crippen molar-refractivity contribution < 1.29 is 0 Å². The fraction of sp³-hybridized carbons (Fsp3) is 0. The van der Waals surface area contributed by atoms with Crippen LogP contribution < -0.4 is 0 Å². The van der Waals surface area contributed by atoms with Gasteiger partial charge in [-0.15, -0.1) is 0 Å². The molecule has 3 heterocycles. The lowest BCUT2D eigenvalue weighted by molar-refractivity contribution is 1.12. The molecule has 0 atom stereocenters. The molecular weight excluding hydrogens is 228 g/mol. The molecule has 0 aliphatic heterocycles. The maximum absolute atomic E-state index is 4.46. The second-order valence-electron chi connectivity index (χ2n) is 3.98. The number of nitrogens with zero attached hydrogens (tertiary/aromatic N) is 4. The summed E-state index contributed by atoms with van der Waals surface area (Å²) in [7, 11) is 0. The first-order chi connectivity index (χ1) is 8.92. The first-order valence-corrected chi connectivity index (χ1v) is 5.50. The molecule has 4 rings (SSSR count). The molecule has 6 nitrogen and oxygen atoms in total. The SMILES string of the molecule is c1cc(-c2nc3ncncc3[nH]2)c2cn[nH]c2c1. The van der Waals surface area contributed by atoms with Crippen LogP contribution in [0.4, 0.5) is 0 Å². The Morgan fingerprint density at radius 1 is 1.06 bits per heavy atom. The molecule has 0 fully saturated rings. The third-order valence-corrected chi connectivity index (χ3v) is 2.90. The molecule has 0 saturated heterocycles. The van der Waals surface area contributed by atoms with Crippen LogP contribution in [-0.2, 0) is 0 Å². The highest BCUT2D eigenvalue weighted by atomic mass is 15.1. The summed E-state index contributed by atoms with van der Waals surface area (Å²) in [5.74, 6) is 0.775. The summed E-state index contributed by atoms with van der Waals surface area (Å²) in [5, 5.41) is 8.02. The van der Waals surface area contributed by atoms with Gasteiger partial charge in [0.15, 0.2) is 5.65 Å². The van der Waals surface area contributed by atoms with Crippen molar-refractivity contribution in [2.75, 3.05) is 0 Å². The summed E-state index contributed by atoms with van der Waals surface area (Å²) in [6.45, 7) is 0. The summed E-state index contributed by atoms with van der Waals surface area (Å²) in [6, 6.07) is 5.95. The predicted molar refractivity (Wildman–Crippen MR) is 66.8 cm³/mol. The van der Waals surface area contributed by atoms with Crippen molar-refractivity contribution in [3.63, 3.8) is 0 Å². The van der Waals surface area contributed by atoms with Crippen LogP contribution in [0, 0.1) is 0 Å². The highest BCUT2D eigenvalue weighted by Gasteiger charge is 2.10. The first kappa shape index (κ1) is 9.29. The van der Waals surface area contributed by atoms with Crippen LogP contribution >= 0.6 is 0 Å². The van der Waals surface area contributed by atoms with Gasteiger partial charge in [-0.05, 0) is 6.07 Å². The number of H-pyrrole nitrogens is 2. The van der Waals surface area contributed by atoms with Crippen molar-refractivity contribution in [2.45, 2.75) is 0 Å². The lowest BCUT2D eigenvalue weighted by Gasteiger charge is -1.97. The monoisotopic (exact) mass is 236 g/mol. The average Bonchev–Trinajstić information content (AvgIpc) is 3.04. The average molecular weight is 236 g/mol. The Balaban J connectivity index is 2.04. The van der Waals surface area contributed by atoms with E-state index >= 15 is 0 Å². The molecule has 6 heteroatoms. The lowest BCUT2D eigenvalue weighted by Crippen LogP contribution is -1.81. The summed E-state index contributed by atoms with van der Waals surface area (Å²) < 4.78 is 0. The van der Waals surface area contributed by atoms with E-state index in [-0.39, 0.29) is 0 Å². The molecule has 0 aliphatic rings. The molecule has 86 valence electrons. The van der Waals surface area contributed by atoms with Crippen LogP contribution in [0.2, 0.25) is 0 Å². The van der Waals surface area contributed by atoms with Crippen LogP contribution in [0.1, 0.15) is 0 Å². The van der Waals surface area contributed by atoms with Crippen molar-refractivity contribution >= 4 is 22.1 Å². The number of fused-ring (bicyclic) bond motifs is 2. The Bertz CT molecular complexity index is 811. The normalized spacial score (nSPS) is 11.3. The third kappa shape index (κ3) is 1.22. The molecule has 0 amide bonds. The van der Waals surface area contributed by atoms with Crippen molar-refractivity contribution in [3.05, 3.63) is 36.9 Å². The van der Waals surface area contributed by atoms with Crippen LogP contribution in [0.3, 0.4) is 0 Å². The van der Waals surface area contributed by atoms with E-state index in [2.05, 4.69) is 30.1 Å². The van der Waals surface area contributed by atoms with Crippen LogP contribution in [-0.4, -0.2) is 30.1 Å². The largest absolute Gasteiger partial charge is 0.335 e. The van der Waals surface area contributed by atoms with Gasteiger partial charge in [-0.3, -0.25) is 5.10 Å². The van der Waals surface area contributed by atoms with Gasteiger partial charge in [-0.1, -0.05) is 12.1 Å². The van der Waals surface area contributed by atoms with Gasteiger partial charge in [0, 0.05) is 10.9 Å². The smallest absolute Gasteiger partial charge is 0.181 e. The van der Waals surface area contributed by atoms with Crippen LogP contribution in [0.15, 0.2) is 36.9 Å². The van der Waals surface area contributed by atoms with Gasteiger partial charge in [0.1, 0.15) is 17.7 Å². The molecule has 0 radical (unpaired) electrons. The van der Waals surface area contributed by atoms with Crippen molar-refractivity contribution in [1.82, 2.24) is 30.1 Å². The number of hydrogen-bond donors (Lipinski definition) is 2. The Hall–Kier alpha value is -2.76. The molecule has 3 aromatic heterocycles. The molecule has 1 aromatic carbocycles. The van der Waals surface area contributed by atoms with E-state index in [1.54, 1.807) is 12.4 Å². The van der Waals surface area contributed by atoms with E-state index in [4.69, 9.17) is 0 Å². The highest BCUT2D eigenvalue weighted by molar-refractivity contribution is 5.93. The number of benzene rings is 1. The molecule has 18 heavy (non-hydrogen) atoms. The Kier molecular flexibility index (Phi) is 1.74. The van der Waals surface area contributed by atoms with E-state index in [0.29, 0.717) is 5.65 Å². The molecular formula is C12H8N6. The van der Waals surface area contributed by atoms with E-state index in [9.17, 15) is 0 Å². The molecule has 4 aromatic rings. The van der Waals surface area contributed by atoms with Gasteiger partial charge in [-0.25, -0.2) is 15.0 Å². The van der Waals surface area contributed by atoms with Crippen molar-refractivity contribution in [3.8, 4) is 11.4 Å². The zero-order valence-electron chi connectivity index (χ0n) is 9.25. The maximum atomic E-state index is 4.46. The van der Waals surface area contributed by atoms with E-state index in [1.165, 1.54) is 6.33 Å². The number of imidazole rings is 1. The lowest BCUT2D eigenvalue weighted by atomic mass is 10.1. The van der Waals surface area contributed by atoms with E-state index in [0.717, 1.165) is 27.8 Å². The minimum atomic E-state index is 0.667. The zero-order valence-corrected chi connectivity index (χ0v) is 9.25. The third-order valence-electron chi connectivity index (χ3n) is 2.90. The van der Waals surface area contributed by atoms with Gasteiger partial charge in [-0.2, -0.15) is 5.10 Å². The number of rotatable bonds is 1. The Morgan fingerprint density at radius 3 is 3.00 bits per heavy atom. The summed E-state index contributed by atoms with van der Waals surface area (Å²) >= 11 is 0. The molecule has 0 spiro atoms. The fourth-order valence-corrected chi connectivity index (χ4v) is 2.06. The van der Waals surface area contributed by atoms with Gasteiger partial charge in [0.05, 0.1) is 17.9 Å². The molecule has 0 unspecified atom stereocenters. The maximum Gasteiger partial charge on any atom is 0.181 e. The molecule has 0 saturated carbocycles. The number of aromatic nitrogens is 6. The minimum Gasteiger partial charge on any atom is -0.335 e. The summed E-state index contributed by atoms with van der Waals surface area (Å²) in [6.07, 6.45) is 5.00. The van der Waals surface area contributed by atoms with E-state index in [1.807, 2.05) is 18.2 Å². The van der Waals surface area contributed by atoms with Gasteiger partial charge < -0.3 is 4.98 Å². The van der Waals surface area contributed by atoms with Gasteiger partial charge in [0.25, 0.3) is 0 Å². The van der Waals surface area contributed by atoms with Crippen molar-refractivity contribution in [2.24, 2.45) is 0 Å². The second-order valence-corrected chi connectivity index (χ2v) is 3.98. The summed E-state index contributed by atoms with van der Waals surface area (Å²) in [4.78, 5) is 15.8. The number of hydrogen-bond acceptors (Lipinski definition) is 4. The minimum absolute atomic E-state index is 0.667. The predicted octanol–water partition coefficient (Wildman–Crippen LogP) is 1.90. The number of nitrogens with one attached hydrogen (secondary N) is 2.